The molecule has 0 amide bonds. The third-order valence-electron chi connectivity index (χ3n) is 1.25. The van der Waals surface area contributed by atoms with Crippen molar-refractivity contribution in [3.05, 3.63) is 23.8 Å². The van der Waals surface area contributed by atoms with Crippen LogP contribution in [0.4, 0.5) is 26.3 Å². The van der Waals surface area contributed by atoms with Crippen LogP contribution in [0.1, 0.15) is 32.2 Å². The van der Waals surface area contributed by atoms with E-state index < -0.39 is 29.3 Å². The van der Waals surface area contributed by atoms with Crippen molar-refractivity contribution in [3.63, 3.8) is 0 Å². The van der Waals surface area contributed by atoms with Gasteiger partial charge in [0.05, 0.1) is 5.60 Å². The van der Waals surface area contributed by atoms with Crippen molar-refractivity contribution < 1.29 is 31.4 Å². The number of aliphatic hydroxyl groups is 1. The third kappa shape index (κ3) is 8.36. The highest BCUT2D eigenvalue weighted by Crippen LogP contribution is 2.32. The van der Waals surface area contributed by atoms with Crippen LogP contribution in [0.5, 0.6) is 0 Å². The summed E-state index contributed by atoms with van der Waals surface area (Å²) in [5.74, 6) is 0. The van der Waals surface area contributed by atoms with Crippen molar-refractivity contribution in [1.82, 2.24) is 9.97 Å². The van der Waals surface area contributed by atoms with Crippen LogP contribution in [0.2, 0.25) is 0 Å². The third-order valence-corrected chi connectivity index (χ3v) is 1.25. The average Bonchev–Trinajstić information content (AvgIpc) is 2.12. The number of nitrogens with zero attached hydrogens (tertiary/aromatic N) is 2. The molecule has 9 heteroatoms. The molecule has 0 aliphatic carbocycles. The SMILES string of the molecule is CC(C)(C)O.FC(F)(F)c1cc(C(F)(F)F)ncn1. The van der Waals surface area contributed by atoms with Crippen molar-refractivity contribution in [2.75, 3.05) is 0 Å². The van der Waals surface area contributed by atoms with E-state index in [9.17, 15) is 26.3 Å². The van der Waals surface area contributed by atoms with Gasteiger partial charge in [0.2, 0.25) is 0 Å². The Morgan fingerprint density at radius 1 is 0.842 bits per heavy atom. The summed E-state index contributed by atoms with van der Waals surface area (Å²) in [5, 5.41) is 8.52. The van der Waals surface area contributed by atoms with Crippen molar-refractivity contribution in [2.24, 2.45) is 0 Å². The lowest BCUT2D eigenvalue weighted by Crippen LogP contribution is -2.14. The van der Waals surface area contributed by atoms with Crippen LogP contribution in [0.25, 0.3) is 0 Å². The van der Waals surface area contributed by atoms with Gasteiger partial charge >= 0.3 is 12.4 Å². The van der Waals surface area contributed by atoms with Crippen LogP contribution in [0.3, 0.4) is 0 Å². The Morgan fingerprint density at radius 2 is 1.11 bits per heavy atom. The molecule has 0 unspecified atom stereocenters. The van der Waals surface area contributed by atoms with E-state index in [1.807, 2.05) is 0 Å². The van der Waals surface area contributed by atoms with Gasteiger partial charge < -0.3 is 5.11 Å². The van der Waals surface area contributed by atoms with E-state index in [2.05, 4.69) is 9.97 Å². The van der Waals surface area contributed by atoms with E-state index in [1.165, 1.54) is 0 Å². The van der Waals surface area contributed by atoms with E-state index in [0.29, 0.717) is 0 Å². The van der Waals surface area contributed by atoms with Gasteiger partial charge in [-0.15, -0.1) is 0 Å². The number of aromatic nitrogens is 2. The van der Waals surface area contributed by atoms with E-state index in [0.717, 1.165) is 0 Å². The Hall–Kier alpha value is -1.38. The zero-order chi connectivity index (χ0) is 15.5. The highest BCUT2D eigenvalue weighted by atomic mass is 19.4. The topological polar surface area (TPSA) is 46.0 Å². The summed E-state index contributed by atoms with van der Waals surface area (Å²) < 4.78 is 71.4. The van der Waals surface area contributed by atoms with E-state index >= 15 is 0 Å². The first-order chi connectivity index (χ1) is 8.21. The Labute approximate surface area is 105 Å². The van der Waals surface area contributed by atoms with Gasteiger partial charge in [0.1, 0.15) is 17.7 Å². The summed E-state index contributed by atoms with van der Waals surface area (Å²) in [6.07, 6.45) is -9.57. The number of halogens is 6. The van der Waals surface area contributed by atoms with Crippen molar-refractivity contribution in [3.8, 4) is 0 Å². The minimum atomic E-state index is -4.90. The number of hydrogen-bond acceptors (Lipinski definition) is 3. The fourth-order valence-corrected chi connectivity index (χ4v) is 0.667. The molecule has 1 rings (SSSR count). The molecule has 0 spiro atoms. The highest BCUT2D eigenvalue weighted by Gasteiger charge is 2.38. The predicted molar refractivity (Wildman–Crippen MR) is 54.0 cm³/mol. The Morgan fingerprint density at radius 3 is 1.32 bits per heavy atom. The zero-order valence-electron chi connectivity index (χ0n) is 10.3. The molecule has 0 atom stereocenters. The molecule has 1 N–H and O–H groups in total. The summed E-state index contributed by atoms with van der Waals surface area (Å²) in [7, 11) is 0. The summed E-state index contributed by atoms with van der Waals surface area (Å²) in [5.41, 5.74) is -3.72. The van der Waals surface area contributed by atoms with Crippen LogP contribution in [0.15, 0.2) is 12.4 Å². The molecule has 110 valence electrons. The smallest absolute Gasteiger partial charge is 0.391 e. The molecule has 3 nitrogen and oxygen atoms in total. The molecule has 0 aromatic carbocycles. The molecule has 1 aromatic heterocycles. The normalized spacial score (nSPS) is 12.7. The largest absolute Gasteiger partial charge is 0.433 e. The van der Waals surface area contributed by atoms with Crippen molar-refractivity contribution >= 4 is 0 Å². The van der Waals surface area contributed by atoms with Crippen LogP contribution >= 0.6 is 0 Å². The van der Waals surface area contributed by atoms with Gasteiger partial charge in [0.25, 0.3) is 0 Å². The van der Waals surface area contributed by atoms with Crippen LogP contribution in [0, 0.1) is 0 Å². The first-order valence-electron chi connectivity index (χ1n) is 4.90. The fraction of sp³-hybridized carbons (Fsp3) is 0.600. The van der Waals surface area contributed by atoms with Crippen LogP contribution in [-0.4, -0.2) is 20.7 Å². The van der Waals surface area contributed by atoms with E-state index in [-0.39, 0.29) is 12.4 Å². The maximum absolute atomic E-state index is 11.9. The molecule has 0 radical (unpaired) electrons. The average molecular weight is 290 g/mol. The lowest BCUT2D eigenvalue weighted by Gasteiger charge is -2.08. The summed E-state index contributed by atoms with van der Waals surface area (Å²) in [6.45, 7) is 5.23. The van der Waals surface area contributed by atoms with Gasteiger partial charge in [-0.1, -0.05) is 0 Å². The molecule has 1 heterocycles. The summed E-state index contributed by atoms with van der Waals surface area (Å²) in [4.78, 5) is 5.38. The molecular weight excluding hydrogens is 278 g/mol. The van der Waals surface area contributed by atoms with E-state index in [4.69, 9.17) is 5.11 Å². The minimum absolute atomic E-state index is 0.139. The molecule has 0 saturated heterocycles. The molecule has 19 heavy (non-hydrogen) atoms. The van der Waals surface area contributed by atoms with Gasteiger partial charge in [0.15, 0.2) is 0 Å². The number of hydrogen-bond donors (Lipinski definition) is 1. The second-order valence-electron chi connectivity index (χ2n) is 4.45. The maximum Gasteiger partial charge on any atom is 0.433 e. The summed E-state index contributed by atoms with van der Waals surface area (Å²) >= 11 is 0. The minimum Gasteiger partial charge on any atom is -0.391 e. The summed E-state index contributed by atoms with van der Waals surface area (Å²) in [6, 6.07) is -0.139. The first-order valence-corrected chi connectivity index (χ1v) is 4.90. The van der Waals surface area contributed by atoms with Crippen LogP contribution in [-0.2, 0) is 12.4 Å². The molecule has 0 bridgehead atoms. The van der Waals surface area contributed by atoms with Crippen LogP contribution < -0.4 is 0 Å². The molecule has 0 aliphatic heterocycles. The number of rotatable bonds is 0. The fourth-order valence-electron chi connectivity index (χ4n) is 0.667. The van der Waals surface area contributed by atoms with Gasteiger partial charge in [-0.05, 0) is 26.8 Å². The Bertz CT molecular complexity index is 372. The first kappa shape index (κ1) is 17.6. The molecule has 0 fully saturated rings. The monoisotopic (exact) mass is 290 g/mol. The van der Waals surface area contributed by atoms with Crippen molar-refractivity contribution in [2.45, 2.75) is 38.7 Å². The molecule has 0 saturated carbocycles. The van der Waals surface area contributed by atoms with Gasteiger partial charge in [-0.2, -0.15) is 26.3 Å². The lowest BCUT2D eigenvalue weighted by atomic mass is 10.2. The second kappa shape index (κ2) is 5.72. The molecule has 1 aromatic rings. The number of alkyl halides is 6. The molecular formula is C10H12F6N2O. The Balaban J connectivity index is 0.000000555. The lowest BCUT2D eigenvalue weighted by molar-refractivity contribution is -0.147. The maximum atomic E-state index is 11.9. The standard InChI is InChI=1S/C6H2F6N2.C4H10O/c7-5(8,9)3-1-4(6(10,11)12)14-2-13-3;1-4(2,3)5/h1-2H;5H,1-3H3. The van der Waals surface area contributed by atoms with Crippen molar-refractivity contribution in [1.29, 1.82) is 0 Å². The quantitative estimate of drug-likeness (QED) is 0.746. The van der Waals surface area contributed by atoms with Gasteiger partial charge in [0, 0.05) is 0 Å². The zero-order valence-corrected chi connectivity index (χ0v) is 10.3. The molecule has 0 aliphatic rings. The highest BCUT2D eigenvalue weighted by molar-refractivity contribution is 5.13. The second-order valence-corrected chi connectivity index (χ2v) is 4.45. The van der Waals surface area contributed by atoms with Gasteiger partial charge in [-0.25, -0.2) is 9.97 Å². The predicted octanol–water partition coefficient (Wildman–Crippen LogP) is 3.29. The van der Waals surface area contributed by atoms with Gasteiger partial charge in [-0.3, -0.25) is 0 Å². The Kier molecular flexibility index (Phi) is 5.31. The van der Waals surface area contributed by atoms with E-state index in [1.54, 1.807) is 20.8 Å².